The van der Waals surface area contributed by atoms with E-state index in [2.05, 4.69) is 0 Å². The van der Waals surface area contributed by atoms with Crippen molar-refractivity contribution in [3.8, 4) is 0 Å². The first kappa shape index (κ1) is 7.31. The smallest absolute Gasteiger partial charge is 0.157 e. The van der Waals surface area contributed by atoms with E-state index in [1.165, 1.54) is 0 Å². The molecule has 0 fully saturated rings. The molecule has 1 heterocycles. The Morgan fingerprint density at radius 2 is 1.64 bits per heavy atom. The van der Waals surface area contributed by atoms with Crippen molar-refractivity contribution < 1.29 is 13.5 Å². The Balaban J connectivity index is 2.24. The highest BCUT2D eigenvalue weighted by atomic mass is 32.2. The molecule has 0 bridgehead atoms. The molecule has 62 valence electrons. The molecule has 4 heteroatoms. The van der Waals surface area contributed by atoms with E-state index >= 15 is 0 Å². The molecule has 1 aliphatic carbocycles. The normalized spacial score (nSPS) is 29.5. The zero-order valence-corrected chi connectivity index (χ0v) is 6.89. The molecule has 0 amide bonds. The summed E-state index contributed by atoms with van der Waals surface area (Å²) in [6.07, 6.45) is 0.846. The summed E-state index contributed by atoms with van der Waals surface area (Å²) < 4.78 is 22.1. The highest BCUT2D eigenvalue weighted by molar-refractivity contribution is 7.92. The van der Waals surface area contributed by atoms with Crippen LogP contribution in [-0.2, 0) is 9.84 Å². The average molecular weight is 174 g/mol. The average Bonchev–Trinajstić information content (AvgIpc) is 2.17. The van der Waals surface area contributed by atoms with E-state index in [9.17, 15) is 8.42 Å². The van der Waals surface area contributed by atoms with Gasteiger partial charge in [-0.15, -0.1) is 0 Å². The van der Waals surface area contributed by atoms with E-state index in [4.69, 9.17) is 5.11 Å². The Kier molecular flexibility index (Phi) is 1.38. The minimum Gasteiger partial charge on any atom is -0.392 e. The van der Waals surface area contributed by atoms with E-state index in [1.807, 2.05) is 0 Å². The Morgan fingerprint density at radius 3 is 2.09 bits per heavy atom. The first-order chi connectivity index (χ1) is 5.07. The first-order valence-corrected chi connectivity index (χ1v) is 5.47. The Bertz CT molecular complexity index is 289. The molecule has 0 aromatic carbocycles. The highest BCUT2D eigenvalue weighted by Gasteiger charge is 2.33. The second-order valence-electron chi connectivity index (χ2n) is 3.30. The Morgan fingerprint density at radius 1 is 1.18 bits per heavy atom. The van der Waals surface area contributed by atoms with Gasteiger partial charge in [-0.3, -0.25) is 0 Å². The van der Waals surface area contributed by atoms with Crippen LogP contribution in [0.15, 0.2) is 11.1 Å². The largest absolute Gasteiger partial charge is 0.392 e. The SMILES string of the molecule is O=S1(=O)CC2=C(CC(O)C2)C1. The zero-order chi connectivity index (χ0) is 8.06. The number of aliphatic hydroxyl groups excluding tert-OH is 1. The summed E-state index contributed by atoms with van der Waals surface area (Å²) in [7, 11) is -2.81. The molecule has 2 aliphatic rings. The maximum absolute atomic E-state index is 11.0. The van der Waals surface area contributed by atoms with Gasteiger partial charge in [0.25, 0.3) is 0 Å². The van der Waals surface area contributed by atoms with Crippen molar-refractivity contribution in [1.29, 1.82) is 0 Å². The minimum atomic E-state index is -2.81. The van der Waals surface area contributed by atoms with Crippen LogP contribution >= 0.6 is 0 Å². The summed E-state index contributed by atoms with van der Waals surface area (Å²) in [6.45, 7) is 0. The third kappa shape index (κ3) is 1.20. The maximum Gasteiger partial charge on any atom is 0.157 e. The van der Waals surface area contributed by atoms with Crippen molar-refractivity contribution >= 4 is 9.84 Å². The first-order valence-electron chi connectivity index (χ1n) is 3.65. The molecule has 0 spiro atoms. The molecule has 0 aromatic rings. The van der Waals surface area contributed by atoms with Crippen LogP contribution in [0.2, 0.25) is 0 Å². The number of aliphatic hydroxyl groups is 1. The summed E-state index contributed by atoms with van der Waals surface area (Å²) in [5, 5.41) is 9.17. The lowest BCUT2D eigenvalue weighted by molar-refractivity contribution is 0.186. The van der Waals surface area contributed by atoms with Crippen LogP contribution in [0, 0.1) is 0 Å². The van der Waals surface area contributed by atoms with Crippen molar-refractivity contribution in [2.45, 2.75) is 18.9 Å². The molecule has 1 aliphatic heterocycles. The monoisotopic (exact) mass is 174 g/mol. The molecule has 0 atom stereocenters. The lowest BCUT2D eigenvalue weighted by Gasteiger charge is -2.02. The van der Waals surface area contributed by atoms with E-state index in [1.54, 1.807) is 0 Å². The molecule has 1 N–H and O–H groups in total. The van der Waals surface area contributed by atoms with E-state index in [0.29, 0.717) is 12.8 Å². The van der Waals surface area contributed by atoms with Crippen molar-refractivity contribution in [3.63, 3.8) is 0 Å². The van der Waals surface area contributed by atoms with E-state index < -0.39 is 9.84 Å². The van der Waals surface area contributed by atoms with Gasteiger partial charge in [-0.25, -0.2) is 8.42 Å². The number of sulfone groups is 1. The molecule has 3 nitrogen and oxygen atoms in total. The van der Waals surface area contributed by atoms with E-state index in [0.717, 1.165) is 11.1 Å². The zero-order valence-electron chi connectivity index (χ0n) is 6.08. The Hall–Kier alpha value is -0.350. The highest BCUT2D eigenvalue weighted by Crippen LogP contribution is 2.33. The van der Waals surface area contributed by atoms with Gasteiger partial charge in [0.2, 0.25) is 0 Å². The summed E-state index contributed by atoms with van der Waals surface area (Å²) in [5.74, 6) is 0.388. The van der Waals surface area contributed by atoms with Crippen molar-refractivity contribution in [3.05, 3.63) is 11.1 Å². The number of hydrogen-bond donors (Lipinski definition) is 1. The fourth-order valence-electron chi connectivity index (χ4n) is 1.83. The maximum atomic E-state index is 11.0. The van der Waals surface area contributed by atoms with Gasteiger partial charge in [-0.2, -0.15) is 0 Å². The van der Waals surface area contributed by atoms with Crippen molar-refractivity contribution in [2.75, 3.05) is 11.5 Å². The van der Waals surface area contributed by atoms with Gasteiger partial charge in [0.05, 0.1) is 17.6 Å². The second kappa shape index (κ2) is 2.08. The fraction of sp³-hybridized carbons (Fsp3) is 0.714. The third-order valence-corrected chi connectivity index (χ3v) is 3.83. The van der Waals surface area contributed by atoms with Crippen LogP contribution in [0.5, 0.6) is 0 Å². The summed E-state index contributed by atoms with van der Waals surface area (Å²) in [5.41, 5.74) is 1.94. The molecule has 0 aromatic heterocycles. The van der Waals surface area contributed by atoms with Gasteiger partial charge in [0.1, 0.15) is 0 Å². The van der Waals surface area contributed by atoms with Crippen LogP contribution < -0.4 is 0 Å². The van der Waals surface area contributed by atoms with Gasteiger partial charge >= 0.3 is 0 Å². The molecule has 0 saturated heterocycles. The summed E-state index contributed by atoms with van der Waals surface area (Å²) in [6, 6.07) is 0. The van der Waals surface area contributed by atoms with Crippen molar-refractivity contribution in [1.82, 2.24) is 0 Å². The van der Waals surface area contributed by atoms with E-state index in [-0.39, 0.29) is 17.6 Å². The molecule has 0 radical (unpaired) electrons. The quantitative estimate of drug-likeness (QED) is 0.520. The molecular formula is C7H10O3S. The van der Waals surface area contributed by atoms with Crippen LogP contribution in [0.1, 0.15) is 12.8 Å². The van der Waals surface area contributed by atoms with Crippen LogP contribution in [0.4, 0.5) is 0 Å². The van der Waals surface area contributed by atoms with Crippen LogP contribution in [-0.4, -0.2) is 31.1 Å². The molecule has 0 unspecified atom stereocenters. The van der Waals surface area contributed by atoms with Gasteiger partial charge in [-0.1, -0.05) is 11.1 Å². The van der Waals surface area contributed by atoms with Gasteiger partial charge in [-0.05, 0) is 12.8 Å². The molecule has 11 heavy (non-hydrogen) atoms. The number of rotatable bonds is 0. The Labute approximate surface area is 65.6 Å². The second-order valence-corrected chi connectivity index (χ2v) is 5.37. The standard InChI is InChI=1S/C7H10O3S/c8-7-1-5-3-11(9,10)4-6(5)2-7/h7-8H,1-4H2. The molecular weight excluding hydrogens is 164 g/mol. The topological polar surface area (TPSA) is 54.4 Å². The molecule has 0 saturated carbocycles. The fourth-order valence-corrected chi connectivity index (χ4v) is 3.64. The third-order valence-electron chi connectivity index (χ3n) is 2.25. The van der Waals surface area contributed by atoms with Gasteiger partial charge in [0, 0.05) is 0 Å². The summed E-state index contributed by atoms with van der Waals surface area (Å²) >= 11 is 0. The van der Waals surface area contributed by atoms with Crippen LogP contribution in [0.3, 0.4) is 0 Å². The minimum absolute atomic E-state index is 0.194. The number of hydrogen-bond acceptors (Lipinski definition) is 3. The summed E-state index contributed by atoms with van der Waals surface area (Å²) in [4.78, 5) is 0. The van der Waals surface area contributed by atoms with Gasteiger partial charge in [0.15, 0.2) is 9.84 Å². The van der Waals surface area contributed by atoms with Gasteiger partial charge < -0.3 is 5.11 Å². The molecule has 2 rings (SSSR count). The lowest BCUT2D eigenvalue weighted by Crippen LogP contribution is -2.10. The van der Waals surface area contributed by atoms with Crippen LogP contribution in [0.25, 0.3) is 0 Å². The lowest BCUT2D eigenvalue weighted by atomic mass is 10.2. The predicted molar refractivity (Wildman–Crippen MR) is 40.9 cm³/mol. The predicted octanol–water partition coefficient (Wildman–Crippen LogP) is -0.134. The van der Waals surface area contributed by atoms with Crippen molar-refractivity contribution in [2.24, 2.45) is 0 Å².